The van der Waals surface area contributed by atoms with E-state index in [0.29, 0.717) is 0 Å². The Bertz CT molecular complexity index is 8.00. The molecule has 0 rings (SSSR count). The van der Waals surface area contributed by atoms with E-state index in [1.807, 2.05) is 17.2 Å². The van der Waals surface area contributed by atoms with Crippen molar-refractivity contribution in [1.29, 1.82) is 0 Å². The van der Waals surface area contributed by atoms with Crippen molar-refractivity contribution in [1.82, 2.24) is 0 Å². The van der Waals surface area contributed by atoms with Gasteiger partial charge < -0.3 is 0 Å². The zero-order chi connectivity index (χ0) is 3.41. The first-order valence-corrected chi connectivity index (χ1v) is 16.2. The molecule has 0 unspecified atom stereocenters. The molecule has 0 aliphatic rings. The zero-order valence-electron chi connectivity index (χ0n) is 1.60. The van der Waals surface area contributed by atoms with Crippen LogP contribution in [0.25, 0.3) is 0 Å². The Kier molecular flexibility index (Phi) is 8.61. The standard InChI is InChI=1S/Mo.Re.Se2/c;;1-2/q2*+1;-2. The molecule has 0 spiro atoms. The molecule has 0 heterocycles. The first-order chi connectivity index (χ1) is 1.91. The van der Waals surface area contributed by atoms with Crippen LogP contribution in [0.2, 0.25) is 0 Å². The van der Waals surface area contributed by atoms with Gasteiger partial charge in [0.25, 0.3) is 0 Å². The molecular formula is MoReSe2. The van der Waals surface area contributed by atoms with Crippen LogP contribution in [0.5, 0.6) is 0 Å². The molecular weight excluding hydrogens is 440 g/mol. The SMILES string of the molecule is [Mo][Se][Se][Re]. The minimum atomic E-state index is 1.01. The van der Waals surface area contributed by atoms with E-state index in [-0.39, 0.29) is 0 Å². The molecule has 0 nitrogen and oxygen atoms in total. The second kappa shape index (κ2) is 5.39. The molecule has 0 aromatic heterocycles. The van der Waals surface area contributed by atoms with Crippen LogP contribution in [0, 0.1) is 0 Å². The minimum absolute atomic E-state index is 1.01. The zero-order valence-corrected chi connectivity index (χ0v) is 9.75. The third-order valence-electron chi connectivity index (χ3n) is 0.0257. The van der Waals surface area contributed by atoms with E-state index in [0.717, 1.165) is 21.1 Å². The molecule has 0 atom stereocenters. The first kappa shape index (κ1) is 6.39. The fourth-order valence-corrected chi connectivity index (χ4v) is 0. The van der Waals surface area contributed by atoms with E-state index in [4.69, 9.17) is 0 Å². The monoisotopic (exact) mass is 445 g/mol. The molecule has 0 fully saturated rings. The Balaban J connectivity index is 1.97. The average Bonchev–Trinajstić information content (AvgIpc) is 1.37. The molecule has 0 aromatic rings. The summed E-state index contributed by atoms with van der Waals surface area (Å²) in [5, 5.41) is 0. The van der Waals surface area contributed by atoms with Gasteiger partial charge in [0.05, 0.1) is 0 Å². The van der Waals surface area contributed by atoms with Crippen LogP contribution < -0.4 is 0 Å². The van der Waals surface area contributed by atoms with E-state index < -0.39 is 0 Å². The van der Waals surface area contributed by atoms with E-state index >= 15 is 0 Å². The van der Waals surface area contributed by atoms with Crippen LogP contribution in [0.3, 0.4) is 0 Å². The third-order valence-corrected chi connectivity index (χ3v) is 33.6. The molecule has 0 saturated carbocycles. The van der Waals surface area contributed by atoms with Crippen molar-refractivity contribution < 1.29 is 34.9 Å². The van der Waals surface area contributed by atoms with Crippen molar-refractivity contribution in [3.8, 4) is 0 Å². The predicted molar refractivity (Wildman–Crippen MR) is 11.5 cm³/mol. The topological polar surface area (TPSA) is 0 Å². The van der Waals surface area contributed by atoms with Crippen molar-refractivity contribution >= 4 is 21.1 Å². The fourth-order valence-electron chi connectivity index (χ4n) is 0. The van der Waals surface area contributed by atoms with Gasteiger partial charge in [0, 0.05) is 0 Å². The molecule has 0 bridgehead atoms. The van der Waals surface area contributed by atoms with Crippen molar-refractivity contribution in [3.63, 3.8) is 0 Å². The molecule has 0 radical (unpaired) electrons. The molecule has 0 amide bonds. The Hall–Kier alpha value is 2.39. The van der Waals surface area contributed by atoms with E-state index in [1.54, 1.807) is 0 Å². The van der Waals surface area contributed by atoms with Crippen LogP contribution in [0.4, 0.5) is 0 Å². The molecule has 25 valence electrons. The molecule has 0 aliphatic carbocycles. The van der Waals surface area contributed by atoms with Gasteiger partial charge in [-0.15, -0.1) is 0 Å². The summed E-state index contributed by atoms with van der Waals surface area (Å²) in [6.45, 7) is 0. The Morgan fingerprint density at radius 1 is 1.75 bits per heavy atom. The van der Waals surface area contributed by atoms with Crippen LogP contribution in [0.15, 0.2) is 0 Å². The average molecular weight is 440 g/mol. The molecule has 4 heteroatoms. The summed E-state index contributed by atoms with van der Waals surface area (Å²) in [7, 11) is 2.05. The number of rotatable bonds is 1. The predicted octanol–water partition coefficient (Wildman–Crippen LogP) is -0.767. The van der Waals surface area contributed by atoms with Gasteiger partial charge in [-0.05, 0) is 0 Å². The van der Waals surface area contributed by atoms with Gasteiger partial charge >= 0.3 is 56.0 Å². The normalized spacial score (nSPS) is 7.25. The number of hydrogen-bond acceptors (Lipinski definition) is 0. The second-order valence-corrected chi connectivity index (χ2v) is 24.8. The first-order valence-electron chi connectivity index (χ1n) is 0.488. The molecule has 4 heavy (non-hydrogen) atoms. The maximum absolute atomic E-state index is 2.23. The summed E-state index contributed by atoms with van der Waals surface area (Å²) in [6.07, 6.45) is 0. The third kappa shape index (κ3) is 4.39. The Morgan fingerprint density at radius 3 is 2.00 bits per heavy atom. The van der Waals surface area contributed by atoms with Gasteiger partial charge in [-0.3, -0.25) is 0 Å². The van der Waals surface area contributed by atoms with Gasteiger partial charge in [-0.25, -0.2) is 0 Å². The van der Waals surface area contributed by atoms with Crippen molar-refractivity contribution in [2.75, 3.05) is 0 Å². The molecule has 0 aromatic carbocycles. The quantitative estimate of drug-likeness (QED) is 0.471. The van der Waals surface area contributed by atoms with Gasteiger partial charge in [-0.2, -0.15) is 0 Å². The van der Waals surface area contributed by atoms with Crippen LogP contribution in [-0.4, -0.2) is 21.1 Å². The maximum atomic E-state index is 2.23. The molecule has 0 saturated heterocycles. The summed E-state index contributed by atoms with van der Waals surface area (Å²) in [6, 6.07) is 0. The molecule has 0 N–H and O–H groups in total. The van der Waals surface area contributed by atoms with Crippen LogP contribution in [-0.2, 0) is 34.9 Å². The summed E-state index contributed by atoms with van der Waals surface area (Å²) in [4.78, 5) is 0. The van der Waals surface area contributed by atoms with Gasteiger partial charge in [0.2, 0.25) is 0 Å². The van der Waals surface area contributed by atoms with E-state index in [9.17, 15) is 0 Å². The van der Waals surface area contributed by atoms with Crippen molar-refractivity contribution in [2.24, 2.45) is 0 Å². The molecule has 0 aliphatic heterocycles. The van der Waals surface area contributed by atoms with Crippen LogP contribution >= 0.6 is 0 Å². The second-order valence-electron chi connectivity index (χ2n) is 0.131. The Labute approximate surface area is 55.1 Å². The van der Waals surface area contributed by atoms with Crippen molar-refractivity contribution in [3.05, 3.63) is 0 Å². The fraction of sp³-hybridized carbons (Fsp3) is 0. The van der Waals surface area contributed by atoms with E-state index in [2.05, 4.69) is 17.7 Å². The number of hydrogen-bond donors (Lipinski definition) is 0. The summed E-state index contributed by atoms with van der Waals surface area (Å²) in [5.74, 6) is 0. The Morgan fingerprint density at radius 2 is 2.00 bits per heavy atom. The van der Waals surface area contributed by atoms with Crippen LogP contribution in [0.1, 0.15) is 0 Å². The summed E-state index contributed by atoms with van der Waals surface area (Å²) >= 11 is 4.18. The van der Waals surface area contributed by atoms with Gasteiger partial charge in [-0.1, -0.05) is 0 Å². The summed E-state index contributed by atoms with van der Waals surface area (Å²) in [5.41, 5.74) is 0. The van der Waals surface area contributed by atoms with E-state index in [1.165, 1.54) is 0 Å². The van der Waals surface area contributed by atoms with Crippen molar-refractivity contribution in [2.45, 2.75) is 0 Å². The van der Waals surface area contributed by atoms with Gasteiger partial charge in [0.1, 0.15) is 0 Å². The summed E-state index contributed by atoms with van der Waals surface area (Å²) < 4.78 is 0. The van der Waals surface area contributed by atoms with Gasteiger partial charge in [0.15, 0.2) is 0 Å².